The number of hydrogen-bond donors (Lipinski definition) is 1. The van der Waals surface area contributed by atoms with Crippen molar-refractivity contribution in [2.75, 3.05) is 23.8 Å². The quantitative estimate of drug-likeness (QED) is 0.481. The molecular weight excluding hydrogens is 458 g/mol. The molecule has 0 fully saturated rings. The highest BCUT2D eigenvalue weighted by Crippen LogP contribution is 2.43. The summed E-state index contributed by atoms with van der Waals surface area (Å²) in [5.41, 5.74) is 2.53. The van der Waals surface area contributed by atoms with E-state index >= 15 is 0 Å². The van der Waals surface area contributed by atoms with Crippen LogP contribution in [0.1, 0.15) is 31.9 Å². The molecule has 2 aromatic carbocycles. The predicted molar refractivity (Wildman–Crippen MR) is 134 cm³/mol. The van der Waals surface area contributed by atoms with Crippen molar-refractivity contribution in [2.24, 2.45) is 7.05 Å². The maximum Gasteiger partial charge on any atom is 0.247 e. The Morgan fingerprint density at radius 1 is 1.21 bits per heavy atom. The summed E-state index contributed by atoms with van der Waals surface area (Å²) in [6.07, 6.45) is 0.846. The van der Waals surface area contributed by atoms with Crippen LogP contribution in [0.2, 0.25) is 5.02 Å². The monoisotopic (exact) mass is 485 g/mol. The number of rotatable bonds is 7. The molecule has 4 rings (SSSR count). The molecule has 0 aliphatic carbocycles. The second-order valence-corrected chi connectivity index (χ2v) is 9.69. The summed E-state index contributed by atoms with van der Waals surface area (Å²) < 4.78 is 7.66. The molecule has 2 amide bonds. The van der Waals surface area contributed by atoms with Crippen LogP contribution in [0.5, 0.6) is 0 Å². The van der Waals surface area contributed by atoms with Gasteiger partial charge in [0.1, 0.15) is 6.04 Å². The maximum atomic E-state index is 13.7. The highest BCUT2D eigenvalue weighted by atomic mass is 35.5. The van der Waals surface area contributed by atoms with Crippen molar-refractivity contribution in [3.8, 4) is 0 Å². The van der Waals surface area contributed by atoms with E-state index in [1.165, 1.54) is 11.8 Å². The van der Waals surface area contributed by atoms with Gasteiger partial charge in [-0.25, -0.2) is 0 Å². The van der Waals surface area contributed by atoms with Crippen molar-refractivity contribution < 1.29 is 14.3 Å². The maximum absolute atomic E-state index is 13.7. The standard InChI is InChI=1S/C25H28ClN3O3S/c1-16(2)32-14-6-13-27-24(31)23-22-19-7-4-5-8-20(19)28(3)25(22)33-15-21(30)29(23)18-11-9-17(26)10-12-18/h4-5,7-12,16,23H,6,13-15H2,1-3H3,(H,27,31)/t23-/m1/s1. The second kappa shape index (κ2) is 10.2. The molecule has 2 heterocycles. The van der Waals surface area contributed by atoms with Gasteiger partial charge in [-0.05, 0) is 50.6 Å². The zero-order valence-corrected chi connectivity index (χ0v) is 20.6. The number of carbonyl (C=O) groups excluding carboxylic acids is 2. The lowest BCUT2D eigenvalue weighted by atomic mass is 10.0. The fourth-order valence-corrected chi connectivity index (χ4v) is 5.35. The van der Waals surface area contributed by atoms with Gasteiger partial charge in [-0.3, -0.25) is 14.5 Å². The first kappa shape index (κ1) is 23.7. The SMILES string of the molecule is CC(C)OCCCNC(=O)[C@H]1c2c(n(C)c3ccccc23)SCC(=O)N1c1ccc(Cl)cc1. The van der Waals surface area contributed by atoms with E-state index in [4.69, 9.17) is 16.3 Å². The van der Waals surface area contributed by atoms with Crippen molar-refractivity contribution in [1.29, 1.82) is 0 Å². The van der Waals surface area contributed by atoms with Crippen molar-refractivity contribution in [1.82, 2.24) is 9.88 Å². The molecule has 174 valence electrons. The molecule has 0 bridgehead atoms. The molecule has 1 aliphatic heterocycles. The van der Waals surface area contributed by atoms with Gasteiger partial charge in [-0.15, -0.1) is 0 Å². The van der Waals surface area contributed by atoms with E-state index in [0.29, 0.717) is 30.3 Å². The third kappa shape index (κ3) is 4.90. The molecule has 1 N–H and O–H groups in total. The largest absolute Gasteiger partial charge is 0.379 e. The number of halogens is 1. The number of fused-ring (bicyclic) bond motifs is 3. The fourth-order valence-electron chi connectivity index (χ4n) is 4.15. The Bertz CT molecular complexity index is 1160. The molecule has 1 atom stereocenters. The van der Waals surface area contributed by atoms with E-state index in [2.05, 4.69) is 9.88 Å². The number of nitrogens with one attached hydrogen (secondary N) is 1. The predicted octanol–water partition coefficient (Wildman–Crippen LogP) is 4.94. The van der Waals surface area contributed by atoms with Crippen LogP contribution >= 0.6 is 23.4 Å². The number of para-hydroxylation sites is 1. The fraction of sp³-hybridized carbons (Fsp3) is 0.360. The minimum atomic E-state index is -0.791. The Morgan fingerprint density at radius 3 is 2.67 bits per heavy atom. The van der Waals surface area contributed by atoms with Crippen molar-refractivity contribution in [2.45, 2.75) is 37.4 Å². The molecule has 0 saturated carbocycles. The van der Waals surface area contributed by atoms with Crippen LogP contribution in [0, 0.1) is 0 Å². The average molecular weight is 486 g/mol. The Labute approximate surface area is 203 Å². The lowest BCUT2D eigenvalue weighted by Gasteiger charge is -2.30. The van der Waals surface area contributed by atoms with Gasteiger partial charge < -0.3 is 14.6 Å². The summed E-state index contributed by atoms with van der Waals surface area (Å²) in [6.45, 7) is 5.01. The number of ether oxygens (including phenoxy) is 1. The van der Waals surface area contributed by atoms with E-state index in [0.717, 1.165) is 21.5 Å². The lowest BCUT2D eigenvalue weighted by molar-refractivity contribution is -0.125. The van der Waals surface area contributed by atoms with Crippen LogP contribution in [-0.4, -0.2) is 41.4 Å². The number of aryl methyl sites for hydroxylation is 1. The zero-order valence-electron chi connectivity index (χ0n) is 19.0. The van der Waals surface area contributed by atoms with E-state index in [1.54, 1.807) is 29.2 Å². The topological polar surface area (TPSA) is 63.6 Å². The van der Waals surface area contributed by atoms with Crippen LogP contribution in [0.25, 0.3) is 10.9 Å². The number of aromatic nitrogens is 1. The van der Waals surface area contributed by atoms with Gasteiger partial charge in [0, 0.05) is 47.4 Å². The van der Waals surface area contributed by atoms with Crippen LogP contribution in [0.4, 0.5) is 5.69 Å². The Hall–Kier alpha value is -2.48. The second-order valence-electron chi connectivity index (χ2n) is 8.29. The number of nitrogens with zero attached hydrogens (tertiary/aromatic N) is 2. The summed E-state index contributed by atoms with van der Waals surface area (Å²) in [6, 6.07) is 14.3. The number of hydrogen-bond acceptors (Lipinski definition) is 4. The molecule has 33 heavy (non-hydrogen) atoms. The molecule has 1 aromatic heterocycles. The molecular formula is C25H28ClN3O3S. The molecule has 0 spiro atoms. The van der Waals surface area contributed by atoms with E-state index < -0.39 is 6.04 Å². The van der Waals surface area contributed by atoms with Gasteiger partial charge in [0.15, 0.2) is 0 Å². The Kier molecular flexibility index (Phi) is 7.32. The number of carbonyl (C=O) groups is 2. The summed E-state index contributed by atoms with van der Waals surface area (Å²) in [4.78, 5) is 28.6. The third-order valence-corrected chi connectivity index (χ3v) is 7.06. The summed E-state index contributed by atoms with van der Waals surface area (Å²) in [5, 5.41) is 5.53. The van der Waals surface area contributed by atoms with Crippen molar-refractivity contribution in [3.05, 3.63) is 59.1 Å². The molecule has 1 aliphatic rings. The van der Waals surface area contributed by atoms with E-state index in [1.807, 2.05) is 45.2 Å². The molecule has 0 unspecified atom stereocenters. The van der Waals surface area contributed by atoms with Gasteiger partial charge in [0.05, 0.1) is 16.9 Å². The van der Waals surface area contributed by atoms with Gasteiger partial charge in [0.25, 0.3) is 0 Å². The number of anilines is 1. The van der Waals surface area contributed by atoms with Crippen LogP contribution in [-0.2, 0) is 21.4 Å². The first-order chi connectivity index (χ1) is 15.9. The summed E-state index contributed by atoms with van der Waals surface area (Å²) >= 11 is 7.57. The molecule has 0 radical (unpaired) electrons. The molecule has 0 saturated heterocycles. The minimum absolute atomic E-state index is 0.120. The Morgan fingerprint density at radius 2 is 1.94 bits per heavy atom. The summed E-state index contributed by atoms with van der Waals surface area (Å²) in [7, 11) is 1.98. The van der Waals surface area contributed by atoms with Crippen LogP contribution in [0.3, 0.4) is 0 Å². The zero-order chi connectivity index (χ0) is 23.5. The summed E-state index contributed by atoms with van der Waals surface area (Å²) in [5.74, 6) is -0.0833. The molecule has 6 nitrogen and oxygen atoms in total. The molecule has 8 heteroatoms. The third-order valence-electron chi connectivity index (χ3n) is 5.65. The Balaban J connectivity index is 1.76. The minimum Gasteiger partial charge on any atom is -0.379 e. The first-order valence-corrected chi connectivity index (χ1v) is 12.4. The number of thioether (sulfide) groups is 1. The van der Waals surface area contributed by atoms with E-state index in [-0.39, 0.29) is 23.7 Å². The van der Waals surface area contributed by atoms with E-state index in [9.17, 15) is 9.59 Å². The van der Waals surface area contributed by atoms with Crippen LogP contribution < -0.4 is 10.2 Å². The molecule has 3 aromatic rings. The first-order valence-electron chi connectivity index (χ1n) is 11.1. The van der Waals surface area contributed by atoms with Crippen molar-refractivity contribution in [3.63, 3.8) is 0 Å². The van der Waals surface area contributed by atoms with Crippen LogP contribution in [0.15, 0.2) is 53.6 Å². The normalized spacial score (nSPS) is 16.2. The highest BCUT2D eigenvalue weighted by molar-refractivity contribution is 8.00. The lowest BCUT2D eigenvalue weighted by Crippen LogP contribution is -2.44. The van der Waals surface area contributed by atoms with Crippen molar-refractivity contribution >= 4 is 51.8 Å². The number of benzene rings is 2. The van der Waals surface area contributed by atoms with Gasteiger partial charge in [-0.1, -0.05) is 41.6 Å². The number of amides is 2. The smallest absolute Gasteiger partial charge is 0.247 e. The average Bonchev–Trinajstić information content (AvgIpc) is 2.97. The highest BCUT2D eigenvalue weighted by Gasteiger charge is 2.39. The van der Waals surface area contributed by atoms with Gasteiger partial charge in [-0.2, -0.15) is 0 Å². The van der Waals surface area contributed by atoms with Gasteiger partial charge >= 0.3 is 0 Å². The van der Waals surface area contributed by atoms with Gasteiger partial charge in [0.2, 0.25) is 11.8 Å².